The fraction of sp³-hybridized carbons (Fsp3) is 0.364. The van der Waals surface area contributed by atoms with Crippen LogP contribution < -0.4 is 10.9 Å². The standard InChI is InChI=1S/C22H26N6O3/c1-22(2,3)31-21(30)28-9-7-14(8-10-28)17-11-16-19(23-13-24-20(16)26-17)25-15-5-6-18(29)27(4)12-15/h5-7,11-13H,8-10H2,1-4H3,(H2,23,24,25,26). The van der Waals surface area contributed by atoms with E-state index in [-0.39, 0.29) is 11.7 Å². The van der Waals surface area contributed by atoms with Crippen molar-refractivity contribution in [2.24, 2.45) is 7.05 Å². The SMILES string of the molecule is Cn1cc(Nc2ncnc3[nH]c(C4=CCN(C(=O)OC(C)(C)C)CC4)cc23)ccc1=O. The second-order valence-electron chi connectivity index (χ2n) is 8.57. The van der Waals surface area contributed by atoms with Crippen LogP contribution in [0.4, 0.5) is 16.3 Å². The van der Waals surface area contributed by atoms with Gasteiger partial charge in [0.2, 0.25) is 5.56 Å². The molecule has 1 aliphatic heterocycles. The van der Waals surface area contributed by atoms with Crippen molar-refractivity contribution in [2.45, 2.75) is 32.8 Å². The Morgan fingerprint density at radius 3 is 2.74 bits per heavy atom. The van der Waals surface area contributed by atoms with Crippen LogP contribution in [0, 0.1) is 0 Å². The van der Waals surface area contributed by atoms with Crippen molar-refractivity contribution in [3.63, 3.8) is 0 Å². The molecule has 0 spiro atoms. The number of aromatic amines is 1. The molecule has 0 unspecified atom stereocenters. The topological polar surface area (TPSA) is 105 Å². The van der Waals surface area contributed by atoms with E-state index in [0.717, 1.165) is 22.3 Å². The summed E-state index contributed by atoms with van der Waals surface area (Å²) in [5.74, 6) is 0.651. The number of fused-ring (bicyclic) bond motifs is 1. The van der Waals surface area contributed by atoms with E-state index in [1.807, 2.05) is 32.9 Å². The summed E-state index contributed by atoms with van der Waals surface area (Å²) < 4.78 is 6.96. The zero-order valence-corrected chi connectivity index (χ0v) is 18.1. The van der Waals surface area contributed by atoms with Crippen LogP contribution in [0.5, 0.6) is 0 Å². The predicted octanol–water partition coefficient (Wildman–Crippen LogP) is 3.42. The maximum Gasteiger partial charge on any atom is 0.410 e. The fourth-order valence-corrected chi connectivity index (χ4v) is 3.42. The molecule has 0 saturated carbocycles. The summed E-state index contributed by atoms with van der Waals surface area (Å²) in [6.45, 7) is 6.67. The summed E-state index contributed by atoms with van der Waals surface area (Å²) in [5.41, 5.74) is 2.95. The van der Waals surface area contributed by atoms with Gasteiger partial charge in [-0.05, 0) is 44.9 Å². The van der Waals surface area contributed by atoms with Gasteiger partial charge in [0.15, 0.2) is 0 Å². The van der Waals surface area contributed by atoms with Crippen LogP contribution in [-0.4, -0.2) is 49.2 Å². The van der Waals surface area contributed by atoms with Crippen LogP contribution >= 0.6 is 0 Å². The molecule has 31 heavy (non-hydrogen) atoms. The van der Waals surface area contributed by atoms with Crippen molar-refractivity contribution < 1.29 is 9.53 Å². The van der Waals surface area contributed by atoms with E-state index in [9.17, 15) is 9.59 Å². The highest BCUT2D eigenvalue weighted by molar-refractivity contribution is 5.92. The first-order chi connectivity index (χ1) is 14.7. The third-order valence-electron chi connectivity index (χ3n) is 4.98. The Kier molecular flexibility index (Phi) is 5.26. The lowest BCUT2D eigenvalue weighted by Gasteiger charge is -2.29. The van der Waals surface area contributed by atoms with Gasteiger partial charge in [-0.3, -0.25) is 4.79 Å². The van der Waals surface area contributed by atoms with Gasteiger partial charge < -0.3 is 24.5 Å². The smallest absolute Gasteiger partial charge is 0.410 e. The minimum absolute atomic E-state index is 0.0769. The Morgan fingerprint density at radius 1 is 1.26 bits per heavy atom. The third-order valence-corrected chi connectivity index (χ3v) is 4.98. The lowest BCUT2D eigenvalue weighted by Crippen LogP contribution is -2.39. The van der Waals surface area contributed by atoms with E-state index in [1.165, 1.54) is 17.0 Å². The zero-order chi connectivity index (χ0) is 22.2. The van der Waals surface area contributed by atoms with Crippen molar-refractivity contribution in [2.75, 3.05) is 18.4 Å². The van der Waals surface area contributed by atoms with Crippen molar-refractivity contribution in [1.29, 1.82) is 0 Å². The number of rotatable bonds is 3. The van der Waals surface area contributed by atoms with E-state index in [0.29, 0.717) is 31.0 Å². The lowest BCUT2D eigenvalue weighted by molar-refractivity contribution is 0.0270. The zero-order valence-electron chi connectivity index (χ0n) is 18.1. The first kappa shape index (κ1) is 20.6. The van der Waals surface area contributed by atoms with Crippen molar-refractivity contribution in [3.8, 4) is 0 Å². The highest BCUT2D eigenvalue weighted by atomic mass is 16.6. The van der Waals surface area contributed by atoms with E-state index >= 15 is 0 Å². The number of hydrogen-bond acceptors (Lipinski definition) is 6. The number of amides is 1. The van der Waals surface area contributed by atoms with Gasteiger partial charge in [0.25, 0.3) is 0 Å². The average Bonchev–Trinajstić information content (AvgIpc) is 3.15. The second-order valence-corrected chi connectivity index (χ2v) is 8.57. The van der Waals surface area contributed by atoms with Crippen LogP contribution in [0.15, 0.2) is 41.6 Å². The fourth-order valence-electron chi connectivity index (χ4n) is 3.42. The number of nitrogens with one attached hydrogen (secondary N) is 2. The van der Waals surface area contributed by atoms with Crippen molar-refractivity contribution in [1.82, 2.24) is 24.4 Å². The van der Waals surface area contributed by atoms with Gasteiger partial charge in [0.05, 0.1) is 11.1 Å². The van der Waals surface area contributed by atoms with Gasteiger partial charge >= 0.3 is 6.09 Å². The molecule has 9 heteroatoms. The van der Waals surface area contributed by atoms with E-state index in [2.05, 4.69) is 20.3 Å². The molecule has 2 N–H and O–H groups in total. The average molecular weight is 422 g/mol. The second kappa shape index (κ2) is 7.90. The van der Waals surface area contributed by atoms with Gasteiger partial charge in [-0.1, -0.05) is 6.08 Å². The molecule has 162 valence electrons. The highest BCUT2D eigenvalue weighted by Gasteiger charge is 2.24. The minimum atomic E-state index is -0.509. The van der Waals surface area contributed by atoms with Gasteiger partial charge in [-0.25, -0.2) is 14.8 Å². The molecule has 4 heterocycles. The molecule has 0 saturated heterocycles. The monoisotopic (exact) mass is 422 g/mol. The largest absolute Gasteiger partial charge is 0.444 e. The van der Waals surface area contributed by atoms with Crippen molar-refractivity contribution in [3.05, 3.63) is 52.8 Å². The number of hydrogen-bond donors (Lipinski definition) is 2. The van der Waals surface area contributed by atoms with Crippen LogP contribution in [0.2, 0.25) is 0 Å². The molecule has 0 atom stereocenters. The van der Waals surface area contributed by atoms with Crippen LogP contribution in [-0.2, 0) is 11.8 Å². The molecule has 0 aliphatic carbocycles. The molecule has 1 aliphatic rings. The normalized spacial score (nSPS) is 14.5. The quantitative estimate of drug-likeness (QED) is 0.670. The van der Waals surface area contributed by atoms with Crippen LogP contribution in [0.1, 0.15) is 32.9 Å². The van der Waals surface area contributed by atoms with Crippen LogP contribution in [0.25, 0.3) is 16.6 Å². The lowest BCUT2D eigenvalue weighted by atomic mass is 10.1. The summed E-state index contributed by atoms with van der Waals surface area (Å²) in [7, 11) is 1.70. The molecule has 0 radical (unpaired) electrons. The van der Waals surface area contributed by atoms with E-state index < -0.39 is 5.60 Å². The van der Waals surface area contributed by atoms with Gasteiger partial charge in [0.1, 0.15) is 23.4 Å². The van der Waals surface area contributed by atoms with Gasteiger partial charge in [-0.2, -0.15) is 0 Å². The Morgan fingerprint density at radius 2 is 2.06 bits per heavy atom. The number of carbonyl (C=O) groups is 1. The first-order valence-corrected chi connectivity index (χ1v) is 10.1. The first-order valence-electron chi connectivity index (χ1n) is 10.1. The third kappa shape index (κ3) is 4.60. The number of ether oxygens (including phenoxy) is 1. The summed E-state index contributed by atoms with van der Waals surface area (Å²) in [6.07, 6.45) is 5.66. The maximum absolute atomic E-state index is 12.3. The minimum Gasteiger partial charge on any atom is -0.444 e. The molecule has 4 rings (SSSR count). The van der Waals surface area contributed by atoms with Crippen LogP contribution in [0.3, 0.4) is 0 Å². The number of carbonyl (C=O) groups excluding carboxylic acids is 1. The maximum atomic E-state index is 12.3. The molecule has 0 fully saturated rings. The number of aryl methyl sites for hydroxylation is 1. The van der Waals surface area contributed by atoms with Crippen molar-refractivity contribution >= 4 is 34.2 Å². The van der Waals surface area contributed by atoms with E-state index in [4.69, 9.17) is 4.74 Å². The predicted molar refractivity (Wildman–Crippen MR) is 119 cm³/mol. The Labute approximate surface area is 179 Å². The molecular formula is C22H26N6O3. The number of pyridine rings is 1. The Bertz CT molecular complexity index is 1220. The Hall–Kier alpha value is -3.62. The summed E-state index contributed by atoms with van der Waals surface area (Å²) in [5, 5.41) is 4.10. The Balaban J connectivity index is 1.55. The molecule has 9 nitrogen and oxygen atoms in total. The number of aromatic nitrogens is 4. The van der Waals surface area contributed by atoms with E-state index in [1.54, 1.807) is 24.2 Å². The molecule has 3 aromatic rings. The number of nitrogens with zero attached hydrogens (tertiary/aromatic N) is 4. The van der Waals surface area contributed by atoms with Gasteiger partial charge in [0, 0.05) is 38.1 Å². The highest BCUT2D eigenvalue weighted by Crippen LogP contribution is 2.29. The molecule has 3 aromatic heterocycles. The summed E-state index contributed by atoms with van der Waals surface area (Å²) in [4.78, 5) is 37.6. The summed E-state index contributed by atoms with van der Waals surface area (Å²) >= 11 is 0. The summed E-state index contributed by atoms with van der Waals surface area (Å²) in [6, 6.07) is 5.24. The molecular weight excluding hydrogens is 396 g/mol. The van der Waals surface area contributed by atoms with Gasteiger partial charge in [-0.15, -0.1) is 0 Å². The number of H-pyrrole nitrogens is 1. The number of anilines is 2. The molecule has 0 bridgehead atoms. The molecule has 0 aromatic carbocycles. The molecule has 1 amide bonds.